The van der Waals surface area contributed by atoms with E-state index >= 15 is 0 Å². The molecule has 1 aromatic heterocycles. The zero-order valence-corrected chi connectivity index (χ0v) is 18.4. The maximum absolute atomic E-state index is 12.4. The van der Waals surface area contributed by atoms with Gasteiger partial charge in [0.05, 0.1) is 21.3 Å². The summed E-state index contributed by atoms with van der Waals surface area (Å²) in [6, 6.07) is 9.16. The van der Waals surface area contributed by atoms with Crippen molar-refractivity contribution in [3.63, 3.8) is 0 Å². The lowest BCUT2D eigenvalue weighted by Gasteiger charge is -2.35. The predicted octanol–water partition coefficient (Wildman–Crippen LogP) is 2.01. The Morgan fingerprint density at radius 2 is 1.69 bits per heavy atom. The molecule has 170 valence electrons. The molecule has 1 aromatic carbocycles. The second kappa shape index (κ2) is 11.0. The molecule has 0 N–H and O–H groups in total. The van der Waals surface area contributed by atoms with E-state index in [9.17, 15) is 9.59 Å². The van der Waals surface area contributed by atoms with Crippen LogP contribution in [0.25, 0.3) is 6.08 Å². The van der Waals surface area contributed by atoms with E-state index in [4.69, 9.17) is 18.9 Å². The number of amides is 1. The highest BCUT2D eigenvalue weighted by molar-refractivity contribution is 5.89. The molecule has 1 saturated heterocycles. The van der Waals surface area contributed by atoms with Crippen LogP contribution in [0.2, 0.25) is 0 Å². The summed E-state index contributed by atoms with van der Waals surface area (Å²) in [5.74, 6) is 1.46. The zero-order valence-electron chi connectivity index (χ0n) is 18.4. The van der Waals surface area contributed by atoms with E-state index in [1.165, 1.54) is 27.4 Å². The van der Waals surface area contributed by atoms with Crippen LogP contribution in [0.4, 0.5) is 5.82 Å². The molecule has 1 amide bonds. The number of piperazine rings is 1. The van der Waals surface area contributed by atoms with Gasteiger partial charge in [-0.05, 0) is 35.9 Å². The lowest BCUT2D eigenvalue weighted by Crippen LogP contribution is -2.50. The van der Waals surface area contributed by atoms with Gasteiger partial charge in [-0.15, -0.1) is 0 Å². The molecule has 9 heteroatoms. The molecule has 0 spiro atoms. The number of hydrogen-bond donors (Lipinski definition) is 0. The summed E-state index contributed by atoms with van der Waals surface area (Å²) in [6.07, 6.45) is 4.56. The van der Waals surface area contributed by atoms with Crippen LogP contribution < -0.4 is 19.1 Å². The molecule has 0 unspecified atom stereocenters. The number of hydrogen-bond acceptors (Lipinski definition) is 8. The molecule has 9 nitrogen and oxygen atoms in total. The smallest absolute Gasteiger partial charge is 0.331 e. The van der Waals surface area contributed by atoms with E-state index in [1.54, 1.807) is 29.3 Å². The minimum absolute atomic E-state index is 0.222. The molecule has 0 radical (unpaired) electrons. The Kier molecular flexibility index (Phi) is 7.91. The van der Waals surface area contributed by atoms with Gasteiger partial charge in [-0.25, -0.2) is 9.78 Å². The molecule has 0 bridgehead atoms. The van der Waals surface area contributed by atoms with Gasteiger partial charge in [-0.2, -0.15) is 0 Å². The van der Waals surface area contributed by atoms with Crippen LogP contribution in [0.1, 0.15) is 5.56 Å². The normalized spacial score (nSPS) is 13.7. The predicted molar refractivity (Wildman–Crippen MR) is 119 cm³/mol. The summed E-state index contributed by atoms with van der Waals surface area (Å²) in [5, 5.41) is 0. The van der Waals surface area contributed by atoms with Crippen LogP contribution in [-0.4, -0.2) is 75.9 Å². The summed E-state index contributed by atoms with van der Waals surface area (Å²) in [5.41, 5.74) is 0.661. The van der Waals surface area contributed by atoms with Crippen LogP contribution in [0.15, 0.2) is 42.6 Å². The number of methoxy groups -OCH3 is 3. The molecular formula is C23H27N3O6. The minimum atomic E-state index is -0.612. The van der Waals surface area contributed by atoms with Crippen molar-refractivity contribution in [1.29, 1.82) is 0 Å². The summed E-state index contributed by atoms with van der Waals surface area (Å²) >= 11 is 0. The molecule has 0 saturated carbocycles. The Balaban J connectivity index is 1.50. The molecule has 1 aliphatic heterocycles. The van der Waals surface area contributed by atoms with Crippen LogP contribution in [-0.2, 0) is 14.3 Å². The van der Waals surface area contributed by atoms with Crippen LogP contribution in [0.5, 0.6) is 17.2 Å². The summed E-state index contributed by atoms with van der Waals surface area (Å²) in [6.45, 7) is 2.15. The zero-order chi connectivity index (χ0) is 22.9. The van der Waals surface area contributed by atoms with Crippen molar-refractivity contribution in [2.75, 3.05) is 59.0 Å². The van der Waals surface area contributed by atoms with Gasteiger partial charge in [0.25, 0.3) is 5.91 Å². The van der Waals surface area contributed by atoms with E-state index in [0.717, 1.165) is 5.82 Å². The Hall–Kier alpha value is -3.75. The van der Waals surface area contributed by atoms with Crippen molar-refractivity contribution >= 4 is 23.8 Å². The first-order valence-electron chi connectivity index (χ1n) is 10.1. The summed E-state index contributed by atoms with van der Waals surface area (Å²) < 4.78 is 21.0. The van der Waals surface area contributed by atoms with Crippen molar-refractivity contribution in [3.05, 3.63) is 48.2 Å². The van der Waals surface area contributed by atoms with Crippen LogP contribution >= 0.6 is 0 Å². The molecule has 3 rings (SSSR count). The minimum Gasteiger partial charge on any atom is -0.493 e. The van der Waals surface area contributed by atoms with Crippen molar-refractivity contribution in [2.45, 2.75) is 0 Å². The average Bonchev–Trinajstić information content (AvgIpc) is 2.85. The Morgan fingerprint density at radius 1 is 1.00 bits per heavy atom. The number of carbonyl (C=O) groups excluding carboxylic acids is 2. The third-order valence-corrected chi connectivity index (χ3v) is 5.04. The van der Waals surface area contributed by atoms with E-state index < -0.39 is 5.97 Å². The fourth-order valence-electron chi connectivity index (χ4n) is 3.36. The van der Waals surface area contributed by atoms with Gasteiger partial charge in [0.2, 0.25) is 5.75 Å². The topological polar surface area (TPSA) is 90.4 Å². The molecule has 2 heterocycles. The highest BCUT2D eigenvalue weighted by Gasteiger charge is 2.22. The van der Waals surface area contributed by atoms with Gasteiger partial charge in [-0.3, -0.25) is 4.79 Å². The van der Waals surface area contributed by atoms with Crippen molar-refractivity contribution < 1.29 is 28.5 Å². The lowest BCUT2D eigenvalue weighted by molar-refractivity contribution is -0.148. The number of benzene rings is 1. The fraction of sp³-hybridized carbons (Fsp3) is 0.348. The highest BCUT2D eigenvalue weighted by Crippen LogP contribution is 2.38. The lowest BCUT2D eigenvalue weighted by atomic mass is 10.1. The molecule has 32 heavy (non-hydrogen) atoms. The quantitative estimate of drug-likeness (QED) is 0.454. The second-order valence-electron chi connectivity index (χ2n) is 6.96. The first kappa shape index (κ1) is 22.9. The number of pyridine rings is 1. The first-order valence-corrected chi connectivity index (χ1v) is 10.1. The molecule has 0 atom stereocenters. The van der Waals surface area contributed by atoms with E-state index in [0.29, 0.717) is 49.0 Å². The van der Waals surface area contributed by atoms with Gasteiger partial charge in [0.15, 0.2) is 18.1 Å². The van der Waals surface area contributed by atoms with Crippen molar-refractivity contribution in [3.8, 4) is 17.2 Å². The largest absolute Gasteiger partial charge is 0.493 e. The van der Waals surface area contributed by atoms with Gasteiger partial charge in [-0.1, -0.05) is 6.07 Å². The van der Waals surface area contributed by atoms with Gasteiger partial charge in [0.1, 0.15) is 5.82 Å². The maximum atomic E-state index is 12.4. The fourth-order valence-corrected chi connectivity index (χ4v) is 3.36. The van der Waals surface area contributed by atoms with Gasteiger partial charge in [0, 0.05) is 38.5 Å². The van der Waals surface area contributed by atoms with E-state index in [-0.39, 0.29) is 12.5 Å². The summed E-state index contributed by atoms with van der Waals surface area (Å²) in [7, 11) is 4.55. The Labute approximate surface area is 187 Å². The monoisotopic (exact) mass is 441 g/mol. The molecule has 1 aliphatic rings. The molecule has 0 aliphatic carbocycles. The average molecular weight is 441 g/mol. The molecule has 2 aromatic rings. The number of esters is 1. The standard InChI is InChI=1S/C23H27N3O6/c1-29-18-14-17(15-19(30-2)23(18)31-3)7-8-22(28)32-16-21(27)26-12-10-25(11-13-26)20-6-4-5-9-24-20/h4-9,14-15H,10-13,16H2,1-3H3/b8-7+. The number of aromatic nitrogens is 1. The third kappa shape index (κ3) is 5.69. The van der Waals surface area contributed by atoms with Crippen molar-refractivity contribution in [2.24, 2.45) is 0 Å². The van der Waals surface area contributed by atoms with E-state index in [1.807, 2.05) is 18.2 Å². The molecular weight excluding hydrogens is 414 g/mol. The number of rotatable bonds is 8. The molecule has 1 fully saturated rings. The second-order valence-corrected chi connectivity index (χ2v) is 6.96. The maximum Gasteiger partial charge on any atom is 0.331 e. The highest BCUT2D eigenvalue weighted by atomic mass is 16.5. The van der Waals surface area contributed by atoms with E-state index in [2.05, 4.69) is 9.88 Å². The van der Waals surface area contributed by atoms with Gasteiger partial charge < -0.3 is 28.7 Å². The number of carbonyl (C=O) groups is 2. The van der Waals surface area contributed by atoms with Crippen molar-refractivity contribution in [1.82, 2.24) is 9.88 Å². The third-order valence-electron chi connectivity index (χ3n) is 5.04. The van der Waals surface area contributed by atoms with Gasteiger partial charge >= 0.3 is 5.97 Å². The summed E-state index contributed by atoms with van der Waals surface area (Å²) in [4.78, 5) is 32.6. The van der Waals surface area contributed by atoms with Crippen LogP contribution in [0.3, 0.4) is 0 Å². The Morgan fingerprint density at radius 3 is 2.25 bits per heavy atom. The number of anilines is 1. The SMILES string of the molecule is COc1cc(/C=C/C(=O)OCC(=O)N2CCN(c3ccccn3)CC2)cc(OC)c1OC. The number of nitrogens with zero attached hydrogens (tertiary/aromatic N) is 3. The Bertz CT molecular complexity index is 930. The number of ether oxygens (including phenoxy) is 4. The first-order chi connectivity index (χ1) is 15.5. The van der Waals surface area contributed by atoms with Crippen LogP contribution in [0, 0.1) is 0 Å².